The molecule has 6 nitrogen and oxygen atoms in total. The fourth-order valence-corrected chi connectivity index (χ4v) is 1.19. The largest absolute Gasteiger partial charge is 0.409 e. The minimum absolute atomic E-state index is 0.0732. The summed E-state index contributed by atoms with van der Waals surface area (Å²) in [5.74, 6) is -0.220. The van der Waals surface area contributed by atoms with Gasteiger partial charge in [0, 0.05) is 23.6 Å². The average Bonchev–Trinajstić information content (AvgIpc) is 2.29. The quantitative estimate of drug-likeness (QED) is 0.328. The summed E-state index contributed by atoms with van der Waals surface area (Å²) in [6, 6.07) is 3.33. The molecule has 0 unspecified atom stereocenters. The van der Waals surface area contributed by atoms with Crippen LogP contribution in [0.25, 0.3) is 0 Å². The van der Waals surface area contributed by atoms with Crippen molar-refractivity contribution in [2.75, 3.05) is 6.54 Å². The van der Waals surface area contributed by atoms with Crippen molar-refractivity contribution in [2.45, 2.75) is 6.42 Å². The third kappa shape index (κ3) is 3.85. The molecule has 0 spiro atoms. The molecule has 1 heterocycles. The van der Waals surface area contributed by atoms with Crippen LogP contribution in [-0.2, 0) is 0 Å². The van der Waals surface area contributed by atoms with Gasteiger partial charge in [-0.2, -0.15) is 0 Å². The van der Waals surface area contributed by atoms with Gasteiger partial charge in [-0.3, -0.25) is 4.79 Å². The number of amides is 1. The van der Waals surface area contributed by atoms with Crippen LogP contribution in [0.1, 0.15) is 16.9 Å². The van der Waals surface area contributed by atoms with Crippen LogP contribution in [-0.4, -0.2) is 28.5 Å². The Balaban J connectivity index is 2.44. The minimum Gasteiger partial charge on any atom is -0.409 e. The van der Waals surface area contributed by atoms with Gasteiger partial charge in [0.15, 0.2) is 0 Å². The molecule has 16 heavy (non-hydrogen) atoms. The zero-order valence-corrected chi connectivity index (χ0v) is 9.94. The van der Waals surface area contributed by atoms with E-state index in [1.807, 2.05) is 0 Å². The first-order valence-electron chi connectivity index (χ1n) is 4.49. The first-order chi connectivity index (χ1) is 7.63. The number of halogens is 1. The zero-order chi connectivity index (χ0) is 12.0. The maximum absolute atomic E-state index is 11.5. The Hall–Kier alpha value is -1.63. The van der Waals surface area contributed by atoms with Crippen molar-refractivity contribution in [2.24, 2.45) is 10.9 Å². The van der Waals surface area contributed by atoms with Gasteiger partial charge in [-0.25, -0.2) is 4.98 Å². The van der Waals surface area contributed by atoms with E-state index in [2.05, 4.69) is 31.4 Å². The third-order valence-corrected chi connectivity index (χ3v) is 2.22. The highest BCUT2D eigenvalue weighted by molar-refractivity contribution is 9.10. The number of hydrogen-bond donors (Lipinski definition) is 3. The highest BCUT2D eigenvalue weighted by Crippen LogP contribution is 2.07. The van der Waals surface area contributed by atoms with Crippen LogP contribution in [0.15, 0.2) is 28.0 Å². The monoisotopic (exact) mass is 286 g/mol. The first-order valence-corrected chi connectivity index (χ1v) is 5.29. The summed E-state index contributed by atoms with van der Waals surface area (Å²) in [4.78, 5) is 15.4. The summed E-state index contributed by atoms with van der Waals surface area (Å²) in [7, 11) is 0. The molecule has 1 aromatic rings. The molecule has 86 valence electrons. The van der Waals surface area contributed by atoms with Gasteiger partial charge >= 0.3 is 0 Å². The standard InChI is InChI=1S/C9H11BrN4O2/c10-6-1-2-7(13-5-6)9(15)12-4-3-8(11)14-16/h1-2,5,16H,3-4H2,(H2,11,14)(H,12,15). The van der Waals surface area contributed by atoms with E-state index >= 15 is 0 Å². The Kier molecular flexibility index (Phi) is 4.71. The molecule has 0 aliphatic carbocycles. The fraction of sp³-hybridized carbons (Fsp3) is 0.222. The Morgan fingerprint density at radius 1 is 1.62 bits per heavy atom. The summed E-state index contributed by atoms with van der Waals surface area (Å²) in [5.41, 5.74) is 5.57. The molecule has 0 aromatic carbocycles. The van der Waals surface area contributed by atoms with E-state index in [1.165, 1.54) is 0 Å². The van der Waals surface area contributed by atoms with Crippen molar-refractivity contribution >= 4 is 27.7 Å². The number of amidine groups is 1. The second-order valence-electron chi connectivity index (χ2n) is 2.96. The van der Waals surface area contributed by atoms with Crippen molar-refractivity contribution in [3.63, 3.8) is 0 Å². The van der Waals surface area contributed by atoms with E-state index in [0.717, 1.165) is 4.47 Å². The van der Waals surface area contributed by atoms with E-state index in [9.17, 15) is 4.79 Å². The number of carbonyl (C=O) groups excluding carboxylic acids is 1. The average molecular weight is 287 g/mol. The molecule has 4 N–H and O–H groups in total. The minimum atomic E-state index is -0.293. The van der Waals surface area contributed by atoms with Crippen LogP contribution < -0.4 is 11.1 Å². The molecule has 0 bridgehead atoms. The molecule has 0 radical (unpaired) electrons. The smallest absolute Gasteiger partial charge is 0.269 e. The van der Waals surface area contributed by atoms with Gasteiger partial charge in [0.05, 0.1) is 0 Å². The number of rotatable bonds is 4. The third-order valence-electron chi connectivity index (χ3n) is 1.76. The molecule has 7 heteroatoms. The Labute approximate surface area is 101 Å². The first kappa shape index (κ1) is 12.4. The van der Waals surface area contributed by atoms with Gasteiger partial charge in [0.2, 0.25) is 0 Å². The predicted octanol–water partition coefficient (Wildman–Crippen LogP) is 0.710. The number of pyridine rings is 1. The van der Waals surface area contributed by atoms with Gasteiger partial charge in [-0.05, 0) is 28.1 Å². The summed E-state index contributed by atoms with van der Waals surface area (Å²) in [6.45, 7) is 0.298. The van der Waals surface area contributed by atoms with Crippen molar-refractivity contribution < 1.29 is 10.0 Å². The highest BCUT2D eigenvalue weighted by Gasteiger charge is 2.05. The van der Waals surface area contributed by atoms with Crippen LogP contribution in [0.5, 0.6) is 0 Å². The lowest BCUT2D eigenvalue weighted by Gasteiger charge is -2.03. The van der Waals surface area contributed by atoms with Crippen LogP contribution in [0.4, 0.5) is 0 Å². The normalized spacial score (nSPS) is 11.2. The molecule has 0 aliphatic heterocycles. The number of oxime groups is 1. The van der Waals surface area contributed by atoms with Gasteiger partial charge in [-0.1, -0.05) is 5.16 Å². The Morgan fingerprint density at radius 3 is 2.94 bits per heavy atom. The number of nitrogens with one attached hydrogen (secondary N) is 1. The van der Waals surface area contributed by atoms with Crippen LogP contribution in [0.2, 0.25) is 0 Å². The number of nitrogens with two attached hydrogens (primary N) is 1. The van der Waals surface area contributed by atoms with Crippen molar-refractivity contribution in [1.29, 1.82) is 0 Å². The molecule has 0 saturated heterocycles. The molecule has 0 aliphatic rings. The van der Waals surface area contributed by atoms with E-state index in [-0.39, 0.29) is 11.7 Å². The van der Waals surface area contributed by atoms with Crippen LogP contribution in [0, 0.1) is 0 Å². The summed E-state index contributed by atoms with van der Waals surface area (Å²) >= 11 is 3.22. The van der Waals surface area contributed by atoms with Gasteiger partial charge < -0.3 is 16.3 Å². The van der Waals surface area contributed by atoms with Gasteiger partial charge in [-0.15, -0.1) is 0 Å². The molecule has 0 saturated carbocycles. The predicted molar refractivity (Wildman–Crippen MR) is 62.3 cm³/mol. The molecule has 0 atom stereocenters. The summed E-state index contributed by atoms with van der Waals surface area (Å²) < 4.78 is 0.806. The summed E-state index contributed by atoms with van der Waals surface area (Å²) in [5, 5.41) is 13.7. The SMILES string of the molecule is NC(CCNC(=O)c1ccc(Br)cn1)=NO. The van der Waals surface area contributed by atoms with E-state index < -0.39 is 0 Å². The van der Waals surface area contributed by atoms with Crippen molar-refractivity contribution in [3.05, 3.63) is 28.5 Å². The molecule has 0 fully saturated rings. The lowest BCUT2D eigenvalue weighted by molar-refractivity contribution is 0.0949. The topological polar surface area (TPSA) is 101 Å². The molecular formula is C9H11BrN4O2. The molecule has 1 aromatic heterocycles. The number of hydrogen-bond acceptors (Lipinski definition) is 4. The highest BCUT2D eigenvalue weighted by atomic mass is 79.9. The van der Waals surface area contributed by atoms with Crippen LogP contribution in [0.3, 0.4) is 0 Å². The van der Waals surface area contributed by atoms with Crippen molar-refractivity contribution in [3.8, 4) is 0 Å². The second kappa shape index (κ2) is 6.06. The van der Waals surface area contributed by atoms with Crippen molar-refractivity contribution in [1.82, 2.24) is 10.3 Å². The molecule has 1 amide bonds. The molecular weight excluding hydrogens is 276 g/mol. The number of aromatic nitrogens is 1. The van der Waals surface area contributed by atoms with Gasteiger partial charge in [0.25, 0.3) is 5.91 Å². The van der Waals surface area contributed by atoms with E-state index in [1.54, 1.807) is 18.3 Å². The fourth-order valence-electron chi connectivity index (χ4n) is 0.955. The van der Waals surface area contributed by atoms with E-state index in [4.69, 9.17) is 10.9 Å². The number of nitrogens with zero attached hydrogens (tertiary/aromatic N) is 2. The zero-order valence-electron chi connectivity index (χ0n) is 8.35. The van der Waals surface area contributed by atoms with E-state index in [0.29, 0.717) is 18.7 Å². The maximum Gasteiger partial charge on any atom is 0.269 e. The molecule has 1 rings (SSSR count). The lowest BCUT2D eigenvalue weighted by Crippen LogP contribution is -2.28. The second-order valence-corrected chi connectivity index (χ2v) is 3.87. The Bertz CT molecular complexity index is 391. The summed E-state index contributed by atoms with van der Waals surface area (Å²) in [6.07, 6.45) is 1.83. The lowest BCUT2D eigenvalue weighted by atomic mass is 10.3. The van der Waals surface area contributed by atoms with Gasteiger partial charge in [0.1, 0.15) is 11.5 Å². The Morgan fingerprint density at radius 2 is 2.38 bits per heavy atom. The van der Waals surface area contributed by atoms with Crippen LogP contribution >= 0.6 is 15.9 Å². The maximum atomic E-state index is 11.5. The number of carbonyl (C=O) groups is 1.